The Morgan fingerprint density at radius 2 is 1.55 bits per heavy atom. The van der Waals surface area contributed by atoms with Gasteiger partial charge >= 0.3 is 0 Å². The molecule has 154 valence electrons. The summed E-state index contributed by atoms with van der Waals surface area (Å²) in [5.41, 5.74) is 1.91. The highest BCUT2D eigenvalue weighted by molar-refractivity contribution is 5.35. The SMILES string of the molecule is CCCCC[C@H]1CC[C@H](CCC(Oc2ccc(C#N)cc2)c2ccccc2)CC1. The highest BCUT2D eigenvalue weighted by Crippen LogP contribution is 2.36. The molecule has 1 aliphatic carbocycles. The van der Waals surface area contributed by atoms with E-state index in [4.69, 9.17) is 10.00 Å². The summed E-state index contributed by atoms with van der Waals surface area (Å²) < 4.78 is 6.37. The van der Waals surface area contributed by atoms with Gasteiger partial charge in [-0.3, -0.25) is 0 Å². The van der Waals surface area contributed by atoms with Crippen molar-refractivity contribution in [3.05, 3.63) is 65.7 Å². The summed E-state index contributed by atoms with van der Waals surface area (Å²) in [4.78, 5) is 0. The maximum absolute atomic E-state index is 9.00. The van der Waals surface area contributed by atoms with Crippen molar-refractivity contribution < 1.29 is 4.74 Å². The van der Waals surface area contributed by atoms with Crippen LogP contribution < -0.4 is 4.74 Å². The second-order valence-electron chi connectivity index (χ2n) is 8.61. The van der Waals surface area contributed by atoms with Gasteiger partial charge < -0.3 is 4.74 Å². The Labute approximate surface area is 176 Å². The van der Waals surface area contributed by atoms with Gasteiger partial charge in [-0.1, -0.05) is 88.6 Å². The van der Waals surface area contributed by atoms with Gasteiger partial charge in [0.25, 0.3) is 0 Å². The number of rotatable bonds is 10. The van der Waals surface area contributed by atoms with Crippen LogP contribution >= 0.6 is 0 Å². The lowest BCUT2D eigenvalue weighted by atomic mass is 9.77. The number of nitrogens with zero attached hydrogens (tertiary/aromatic N) is 1. The molecule has 0 radical (unpaired) electrons. The van der Waals surface area contributed by atoms with Crippen LogP contribution in [0.2, 0.25) is 0 Å². The van der Waals surface area contributed by atoms with E-state index in [1.165, 1.54) is 63.4 Å². The molecule has 1 fully saturated rings. The molecule has 0 amide bonds. The van der Waals surface area contributed by atoms with Gasteiger partial charge in [0.1, 0.15) is 11.9 Å². The standard InChI is InChI=1S/C27H35NO/c1-2-3-5-8-22-11-13-23(14-12-22)17-20-27(25-9-6-4-7-10-25)29-26-18-15-24(21-28)16-19-26/h4,6-7,9-10,15-16,18-19,22-23,27H,2-3,5,8,11-14,17,20H2,1H3/t22-,23-,27?. The molecule has 0 aromatic heterocycles. The van der Waals surface area contributed by atoms with E-state index in [2.05, 4.69) is 43.3 Å². The third kappa shape index (κ3) is 6.93. The van der Waals surface area contributed by atoms with E-state index in [0.29, 0.717) is 5.56 Å². The minimum Gasteiger partial charge on any atom is -0.486 e. The zero-order chi connectivity index (χ0) is 20.3. The maximum atomic E-state index is 9.00. The molecular weight excluding hydrogens is 354 g/mol. The van der Waals surface area contributed by atoms with Gasteiger partial charge in [0.15, 0.2) is 0 Å². The van der Waals surface area contributed by atoms with Crippen LogP contribution in [0.1, 0.15) is 88.4 Å². The zero-order valence-corrected chi connectivity index (χ0v) is 17.9. The number of unbranched alkanes of at least 4 members (excludes halogenated alkanes) is 2. The first-order chi connectivity index (χ1) is 14.3. The van der Waals surface area contributed by atoms with Gasteiger partial charge in [0.2, 0.25) is 0 Å². The average Bonchev–Trinajstić information content (AvgIpc) is 2.79. The van der Waals surface area contributed by atoms with E-state index in [1.807, 2.05) is 24.3 Å². The summed E-state index contributed by atoms with van der Waals surface area (Å²) in [5.74, 6) is 2.66. The van der Waals surface area contributed by atoms with Crippen LogP contribution in [-0.4, -0.2) is 0 Å². The normalized spacial score (nSPS) is 20.0. The molecule has 29 heavy (non-hydrogen) atoms. The lowest BCUT2D eigenvalue weighted by Crippen LogP contribution is -2.16. The van der Waals surface area contributed by atoms with Crippen LogP contribution in [0.15, 0.2) is 54.6 Å². The molecule has 0 aliphatic heterocycles. The van der Waals surface area contributed by atoms with E-state index < -0.39 is 0 Å². The summed E-state index contributed by atoms with van der Waals surface area (Å²) >= 11 is 0. The molecule has 0 spiro atoms. The fourth-order valence-electron chi connectivity index (χ4n) is 4.61. The number of benzene rings is 2. The molecular formula is C27H35NO. The summed E-state index contributed by atoms with van der Waals surface area (Å²) in [6, 6.07) is 20.2. The van der Waals surface area contributed by atoms with Crippen LogP contribution in [0.25, 0.3) is 0 Å². The fourth-order valence-corrected chi connectivity index (χ4v) is 4.61. The van der Waals surface area contributed by atoms with Crippen molar-refractivity contribution in [2.75, 3.05) is 0 Å². The van der Waals surface area contributed by atoms with E-state index in [0.717, 1.165) is 24.0 Å². The van der Waals surface area contributed by atoms with Crippen LogP contribution in [0.5, 0.6) is 5.75 Å². The molecule has 2 aromatic rings. The lowest BCUT2D eigenvalue weighted by Gasteiger charge is -2.30. The molecule has 0 saturated heterocycles. The molecule has 2 heteroatoms. The Bertz CT molecular complexity index is 738. The van der Waals surface area contributed by atoms with Crippen LogP contribution in [0.4, 0.5) is 0 Å². The Morgan fingerprint density at radius 3 is 2.17 bits per heavy atom. The Kier molecular flexibility index (Phi) is 8.62. The molecule has 2 nitrogen and oxygen atoms in total. The van der Waals surface area contributed by atoms with Crippen molar-refractivity contribution in [1.29, 1.82) is 5.26 Å². The van der Waals surface area contributed by atoms with E-state index >= 15 is 0 Å². The van der Waals surface area contributed by atoms with Gasteiger partial charge in [0, 0.05) is 0 Å². The van der Waals surface area contributed by atoms with Crippen molar-refractivity contribution >= 4 is 0 Å². The monoisotopic (exact) mass is 389 g/mol. The second kappa shape index (κ2) is 11.7. The molecule has 0 N–H and O–H groups in total. The van der Waals surface area contributed by atoms with Crippen molar-refractivity contribution in [2.45, 2.75) is 77.2 Å². The molecule has 0 bridgehead atoms. The number of ether oxygens (including phenoxy) is 1. The Hall–Kier alpha value is -2.27. The van der Waals surface area contributed by atoms with E-state index in [-0.39, 0.29) is 6.10 Å². The fraction of sp³-hybridized carbons (Fsp3) is 0.519. The van der Waals surface area contributed by atoms with Crippen LogP contribution in [-0.2, 0) is 0 Å². The first kappa shape index (κ1) is 21.4. The van der Waals surface area contributed by atoms with Gasteiger partial charge in [0.05, 0.1) is 11.6 Å². The average molecular weight is 390 g/mol. The summed E-state index contributed by atoms with van der Waals surface area (Å²) in [7, 11) is 0. The summed E-state index contributed by atoms with van der Waals surface area (Å²) in [6.07, 6.45) is 13.5. The predicted octanol–water partition coefficient (Wildman–Crippen LogP) is 7.85. The first-order valence-electron chi connectivity index (χ1n) is 11.5. The number of nitriles is 1. The van der Waals surface area contributed by atoms with Crippen molar-refractivity contribution in [3.8, 4) is 11.8 Å². The maximum Gasteiger partial charge on any atom is 0.124 e. The minimum atomic E-state index is 0.0754. The van der Waals surface area contributed by atoms with Gasteiger partial charge in [-0.05, 0) is 54.5 Å². The Morgan fingerprint density at radius 1 is 0.897 bits per heavy atom. The van der Waals surface area contributed by atoms with Crippen LogP contribution in [0.3, 0.4) is 0 Å². The molecule has 0 heterocycles. The predicted molar refractivity (Wildman–Crippen MR) is 120 cm³/mol. The molecule has 1 saturated carbocycles. The van der Waals surface area contributed by atoms with E-state index in [9.17, 15) is 0 Å². The Balaban J connectivity index is 1.53. The second-order valence-corrected chi connectivity index (χ2v) is 8.61. The lowest BCUT2D eigenvalue weighted by molar-refractivity contribution is 0.167. The zero-order valence-electron chi connectivity index (χ0n) is 17.9. The molecule has 1 aliphatic rings. The van der Waals surface area contributed by atoms with Crippen molar-refractivity contribution in [2.24, 2.45) is 11.8 Å². The van der Waals surface area contributed by atoms with Crippen molar-refractivity contribution in [3.63, 3.8) is 0 Å². The number of hydrogen-bond acceptors (Lipinski definition) is 2. The topological polar surface area (TPSA) is 33.0 Å². The molecule has 2 aromatic carbocycles. The quantitative estimate of drug-likeness (QED) is 0.388. The molecule has 1 atom stereocenters. The largest absolute Gasteiger partial charge is 0.486 e. The molecule has 3 rings (SSSR count). The van der Waals surface area contributed by atoms with Gasteiger partial charge in [-0.2, -0.15) is 5.26 Å². The molecule has 1 unspecified atom stereocenters. The minimum absolute atomic E-state index is 0.0754. The summed E-state index contributed by atoms with van der Waals surface area (Å²) in [5, 5.41) is 9.00. The van der Waals surface area contributed by atoms with Crippen LogP contribution in [0, 0.1) is 23.2 Å². The third-order valence-electron chi connectivity index (χ3n) is 6.45. The van der Waals surface area contributed by atoms with Crippen molar-refractivity contribution in [1.82, 2.24) is 0 Å². The summed E-state index contributed by atoms with van der Waals surface area (Å²) in [6.45, 7) is 2.29. The first-order valence-corrected chi connectivity index (χ1v) is 11.5. The van der Waals surface area contributed by atoms with Gasteiger partial charge in [-0.25, -0.2) is 0 Å². The smallest absolute Gasteiger partial charge is 0.124 e. The van der Waals surface area contributed by atoms with E-state index in [1.54, 1.807) is 0 Å². The highest BCUT2D eigenvalue weighted by atomic mass is 16.5. The third-order valence-corrected chi connectivity index (χ3v) is 6.45. The highest BCUT2D eigenvalue weighted by Gasteiger charge is 2.23. The number of hydrogen-bond donors (Lipinski definition) is 0. The van der Waals surface area contributed by atoms with Gasteiger partial charge in [-0.15, -0.1) is 0 Å².